The van der Waals surface area contributed by atoms with Gasteiger partial charge in [0.1, 0.15) is 0 Å². The van der Waals surface area contributed by atoms with Gasteiger partial charge in [-0.15, -0.1) is 0 Å². The maximum Gasteiger partial charge on any atom is 0.0960 e. The number of hydrogen-bond acceptors (Lipinski definition) is 1. The summed E-state index contributed by atoms with van der Waals surface area (Å²) >= 11 is 0. The quantitative estimate of drug-likeness (QED) is 0.541. The molecule has 82 valence electrons. The van der Waals surface area contributed by atoms with Gasteiger partial charge < -0.3 is 5.11 Å². The minimum absolute atomic E-state index is 0.199. The second-order valence-corrected chi connectivity index (χ2v) is 5.57. The van der Waals surface area contributed by atoms with E-state index in [1.54, 1.807) is 6.08 Å². The Hall–Kier alpha value is -0.820. The van der Waals surface area contributed by atoms with E-state index in [-0.39, 0.29) is 11.3 Å². The molecule has 0 aromatic carbocycles. The highest BCUT2D eigenvalue weighted by Crippen LogP contribution is 2.58. The molecule has 0 heterocycles. The Morgan fingerprint density at radius 3 is 2.73 bits per heavy atom. The van der Waals surface area contributed by atoms with Gasteiger partial charge in [-0.3, -0.25) is 0 Å². The molecule has 0 spiro atoms. The molecule has 0 unspecified atom stereocenters. The van der Waals surface area contributed by atoms with E-state index in [1.807, 2.05) is 0 Å². The molecule has 0 aromatic heterocycles. The van der Waals surface area contributed by atoms with Gasteiger partial charge in [0.15, 0.2) is 0 Å². The second kappa shape index (κ2) is 3.08. The SMILES string of the molecule is C=CC(=C)[C@]1(O)C[C@@]2(C)CC[C@H]1C(=C)C2. The smallest absolute Gasteiger partial charge is 0.0960 e. The van der Waals surface area contributed by atoms with Crippen LogP contribution in [0.3, 0.4) is 0 Å². The molecule has 3 rings (SSSR count). The predicted octanol–water partition coefficient (Wildman–Crippen LogP) is 3.23. The summed E-state index contributed by atoms with van der Waals surface area (Å²) in [5, 5.41) is 10.7. The van der Waals surface area contributed by atoms with Crippen molar-refractivity contribution in [2.75, 3.05) is 0 Å². The summed E-state index contributed by atoms with van der Waals surface area (Å²) in [4.78, 5) is 0. The lowest BCUT2D eigenvalue weighted by Crippen LogP contribution is -2.53. The zero-order valence-electron chi connectivity index (χ0n) is 9.55. The van der Waals surface area contributed by atoms with Gasteiger partial charge in [0.2, 0.25) is 0 Å². The summed E-state index contributed by atoms with van der Waals surface area (Å²) in [6, 6.07) is 0. The molecular formula is C14H20O. The fourth-order valence-electron chi connectivity index (χ4n) is 3.47. The zero-order chi connectivity index (χ0) is 11.3. The first-order valence-corrected chi connectivity index (χ1v) is 5.63. The third kappa shape index (κ3) is 1.41. The Balaban J connectivity index is 2.40. The van der Waals surface area contributed by atoms with Crippen molar-refractivity contribution in [2.45, 2.75) is 38.2 Å². The molecule has 3 saturated carbocycles. The molecule has 3 atom stereocenters. The minimum atomic E-state index is -0.774. The first-order valence-electron chi connectivity index (χ1n) is 5.63. The van der Waals surface area contributed by atoms with E-state index in [2.05, 4.69) is 26.7 Å². The summed E-state index contributed by atoms with van der Waals surface area (Å²) in [6.45, 7) is 14.0. The molecule has 3 fully saturated rings. The zero-order valence-corrected chi connectivity index (χ0v) is 9.55. The molecule has 3 aliphatic rings. The lowest BCUT2D eigenvalue weighted by molar-refractivity contribution is -0.0725. The monoisotopic (exact) mass is 204 g/mol. The van der Waals surface area contributed by atoms with E-state index in [9.17, 15) is 5.11 Å². The van der Waals surface area contributed by atoms with E-state index in [4.69, 9.17) is 0 Å². The van der Waals surface area contributed by atoms with Crippen LogP contribution in [-0.2, 0) is 0 Å². The van der Waals surface area contributed by atoms with Crippen LogP contribution in [0.4, 0.5) is 0 Å². The van der Waals surface area contributed by atoms with Crippen LogP contribution in [0.25, 0.3) is 0 Å². The number of fused-ring (bicyclic) bond motifs is 3. The first-order chi connectivity index (χ1) is 6.91. The van der Waals surface area contributed by atoms with Gasteiger partial charge in [0.05, 0.1) is 5.60 Å². The molecule has 1 heteroatoms. The highest BCUT2D eigenvalue weighted by Gasteiger charge is 2.53. The Morgan fingerprint density at radius 2 is 2.27 bits per heavy atom. The largest absolute Gasteiger partial charge is 0.385 e. The minimum Gasteiger partial charge on any atom is -0.385 e. The third-order valence-electron chi connectivity index (χ3n) is 4.26. The van der Waals surface area contributed by atoms with E-state index in [1.165, 1.54) is 12.0 Å². The fraction of sp³-hybridized carbons (Fsp3) is 0.571. The standard InChI is InChI=1S/C14H20O/c1-5-11(3)14(15)9-13(4)7-6-12(14)10(2)8-13/h5,12,15H,1-3,6-9H2,4H3/t12-,13-,14+/m0/s1. The summed E-state index contributed by atoms with van der Waals surface area (Å²) < 4.78 is 0. The average molecular weight is 204 g/mol. The highest BCUT2D eigenvalue weighted by molar-refractivity contribution is 5.34. The van der Waals surface area contributed by atoms with Crippen molar-refractivity contribution in [2.24, 2.45) is 11.3 Å². The van der Waals surface area contributed by atoms with E-state index in [0.29, 0.717) is 0 Å². The van der Waals surface area contributed by atoms with Crippen LogP contribution < -0.4 is 0 Å². The van der Waals surface area contributed by atoms with Crippen LogP contribution >= 0.6 is 0 Å². The predicted molar refractivity (Wildman–Crippen MR) is 63.5 cm³/mol. The average Bonchev–Trinajstić information content (AvgIpc) is 2.14. The van der Waals surface area contributed by atoms with Crippen molar-refractivity contribution in [1.29, 1.82) is 0 Å². The van der Waals surface area contributed by atoms with Crippen LogP contribution in [0.5, 0.6) is 0 Å². The molecule has 3 aliphatic carbocycles. The number of rotatable bonds is 2. The molecular weight excluding hydrogens is 184 g/mol. The maximum absolute atomic E-state index is 10.7. The lowest BCUT2D eigenvalue weighted by atomic mass is 9.52. The topological polar surface area (TPSA) is 20.2 Å². The Bertz CT molecular complexity index is 341. The molecule has 0 aliphatic heterocycles. The first kappa shape index (κ1) is 10.7. The van der Waals surface area contributed by atoms with Gasteiger partial charge >= 0.3 is 0 Å². The highest BCUT2D eigenvalue weighted by atomic mass is 16.3. The normalized spacial score (nSPS) is 44.1. The number of aliphatic hydroxyl groups is 1. The van der Waals surface area contributed by atoms with Crippen molar-refractivity contribution in [1.82, 2.24) is 0 Å². The van der Waals surface area contributed by atoms with Gasteiger partial charge in [-0.2, -0.15) is 0 Å². The summed E-state index contributed by atoms with van der Waals surface area (Å²) in [7, 11) is 0. The van der Waals surface area contributed by atoms with E-state index >= 15 is 0 Å². The molecule has 1 nitrogen and oxygen atoms in total. The van der Waals surface area contributed by atoms with Gasteiger partial charge in [-0.25, -0.2) is 0 Å². The van der Waals surface area contributed by atoms with Crippen molar-refractivity contribution in [3.63, 3.8) is 0 Å². The van der Waals surface area contributed by atoms with E-state index in [0.717, 1.165) is 24.8 Å². The van der Waals surface area contributed by atoms with Gasteiger partial charge in [0, 0.05) is 5.92 Å². The van der Waals surface area contributed by atoms with Gasteiger partial charge in [-0.1, -0.05) is 38.3 Å². The van der Waals surface area contributed by atoms with Crippen LogP contribution in [0.2, 0.25) is 0 Å². The lowest BCUT2D eigenvalue weighted by Gasteiger charge is -2.55. The maximum atomic E-state index is 10.7. The Morgan fingerprint density at radius 1 is 1.60 bits per heavy atom. The fourth-order valence-corrected chi connectivity index (χ4v) is 3.47. The molecule has 2 bridgehead atoms. The molecule has 0 radical (unpaired) electrons. The van der Waals surface area contributed by atoms with Crippen LogP contribution in [0.15, 0.2) is 37.0 Å². The van der Waals surface area contributed by atoms with E-state index < -0.39 is 5.60 Å². The second-order valence-electron chi connectivity index (χ2n) is 5.57. The van der Waals surface area contributed by atoms with Crippen molar-refractivity contribution >= 4 is 0 Å². The molecule has 0 aromatic rings. The molecule has 0 saturated heterocycles. The summed E-state index contributed by atoms with van der Waals surface area (Å²) in [6.07, 6.45) is 5.80. The van der Waals surface area contributed by atoms with Crippen LogP contribution in [-0.4, -0.2) is 10.7 Å². The van der Waals surface area contributed by atoms with Crippen molar-refractivity contribution in [3.05, 3.63) is 37.0 Å². The van der Waals surface area contributed by atoms with Gasteiger partial charge in [0.25, 0.3) is 0 Å². The number of hydrogen-bond donors (Lipinski definition) is 1. The van der Waals surface area contributed by atoms with Crippen molar-refractivity contribution < 1.29 is 5.11 Å². The van der Waals surface area contributed by atoms with Crippen LogP contribution in [0.1, 0.15) is 32.6 Å². The third-order valence-corrected chi connectivity index (χ3v) is 4.26. The Labute approximate surface area is 92.2 Å². The Kier molecular flexibility index (Phi) is 2.20. The molecule has 1 N–H and O–H groups in total. The molecule has 0 amide bonds. The van der Waals surface area contributed by atoms with Gasteiger partial charge in [-0.05, 0) is 36.7 Å². The van der Waals surface area contributed by atoms with Crippen LogP contribution in [0, 0.1) is 11.3 Å². The molecule has 15 heavy (non-hydrogen) atoms. The van der Waals surface area contributed by atoms with Crippen molar-refractivity contribution in [3.8, 4) is 0 Å². The summed E-state index contributed by atoms with van der Waals surface area (Å²) in [5.74, 6) is 0.199. The summed E-state index contributed by atoms with van der Waals surface area (Å²) in [5.41, 5.74) is 1.40.